The summed E-state index contributed by atoms with van der Waals surface area (Å²) in [5.74, 6) is 5.67. The van der Waals surface area contributed by atoms with Gasteiger partial charge in [-0.1, -0.05) is 25.9 Å². The van der Waals surface area contributed by atoms with Crippen molar-refractivity contribution in [2.75, 3.05) is 12.0 Å². The molecule has 1 heterocycles. The molecular weight excluding hydrogens is 196 g/mol. The lowest BCUT2D eigenvalue weighted by atomic mass is 9.88. The number of nitrogen functional groups attached to an aromatic ring is 1. The molecule has 1 unspecified atom stereocenters. The van der Waals surface area contributed by atoms with E-state index in [1.165, 1.54) is 0 Å². The summed E-state index contributed by atoms with van der Waals surface area (Å²) in [7, 11) is 0. The van der Waals surface area contributed by atoms with E-state index < -0.39 is 0 Å². The van der Waals surface area contributed by atoms with E-state index in [0.717, 1.165) is 0 Å². The minimum Gasteiger partial charge on any atom is -0.370 e. The summed E-state index contributed by atoms with van der Waals surface area (Å²) in [4.78, 5) is 4.08. The maximum Gasteiger partial charge on any atom is 0.335 e. The number of nitrogens with one attached hydrogen (secondary N) is 1. The van der Waals surface area contributed by atoms with Crippen LogP contribution in [0.15, 0.2) is 4.52 Å². The summed E-state index contributed by atoms with van der Waals surface area (Å²) in [6.45, 7) is 8.69. The summed E-state index contributed by atoms with van der Waals surface area (Å²) in [6, 6.07) is 0.193. The summed E-state index contributed by atoms with van der Waals surface area (Å²) in [5, 5.41) is 3.82. The lowest BCUT2D eigenvalue weighted by Crippen LogP contribution is -2.22. The Balaban J connectivity index is 2.88. The number of nitrogens with zero attached hydrogens (tertiary/aromatic N) is 2. The summed E-state index contributed by atoms with van der Waals surface area (Å²) in [6.07, 6.45) is -0.201. The second-order valence-electron chi connectivity index (χ2n) is 4.30. The molecule has 1 atom stereocenters. The van der Waals surface area contributed by atoms with Crippen molar-refractivity contribution in [3.05, 3.63) is 5.82 Å². The number of anilines is 1. The number of nitrogens with two attached hydrogens (primary N) is 1. The van der Waals surface area contributed by atoms with Crippen LogP contribution in [0.1, 0.15) is 39.6 Å². The third-order valence-electron chi connectivity index (χ3n) is 1.92. The van der Waals surface area contributed by atoms with Crippen LogP contribution in [0, 0.1) is 5.41 Å². The van der Waals surface area contributed by atoms with E-state index in [-0.39, 0.29) is 17.5 Å². The molecule has 1 rings (SSSR count). The fraction of sp³-hybridized carbons (Fsp3) is 0.778. The molecule has 15 heavy (non-hydrogen) atoms. The van der Waals surface area contributed by atoms with E-state index in [0.29, 0.717) is 12.4 Å². The second kappa shape index (κ2) is 4.59. The van der Waals surface area contributed by atoms with Crippen molar-refractivity contribution in [2.45, 2.75) is 33.8 Å². The highest BCUT2D eigenvalue weighted by Gasteiger charge is 2.31. The van der Waals surface area contributed by atoms with Gasteiger partial charge in [0.1, 0.15) is 6.10 Å². The van der Waals surface area contributed by atoms with Gasteiger partial charge in [-0.3, -0.25) is 5.43 Å². The van der Waals surface area contributed by atoms with Gasteiger partial charge in [-0.05, 0) is 12.3 Å². The molecule has 1 aromatic heterocycles. The van der Waals surface area contributed by atoms with Crippen molar-refractivity contribution < 1.29 is 9.26 Å². The van der Waals surface area contributed by atoms with Crippen molar-refractivity contribution >= 4 is 6.01 Å². The molecule has 86 valence electrons. The summed E-state index contributed by atoms with van der Waals surface area (Å²) < 4.78 is 10.5. The average molecular weight is 214 g/mol. The topological polar surface area (TPSA) is 86.2 Å². The molecule has 0 saturated heterocycles. The Hall–Kier alpha value is -1.14. The van der Waals surface area contributed by atoms with Gasteiger partial charge in [-0.25, -0.2) is 5.84 Å². The minimum absolute atomic E-state index is 0.0915. The van der Waals surface area contributed by atoms with Crippen LogP contribution in [0.3, 0.4) is 0 Å². The van der Waals surface area contributed by atoms with Gasteiger partial charge in [-0.2, -0.15) is 4.98 Å². The Morgan fingerprint density at radius 3 is 2.60 bits per heavy atom. The fourth-order valence-electron chi connectivity index (χ4n) is 1.28. The highest BCUT2D eigenvalue weighted by Crippen LogP contribution is 2.34. The first-order valence-electron chi connectivity index (χ1n) is 4.91. The maximum atomic E-state index is 5.60. The van der Waals surface area contributed by atoms with Crippen LogP contribution < -0.4 is 11.3 Å². The molecule has 0 amide bonds. The van der Waals surface area contributed by atoms with Crippen LogP contribution in [0.5, 0.6) is 0 Å². The molecule has 0 fully saturated rings. The first-order chi connectivity index (χ1) is 6.99. The zero-order valence-electron chi connectivity index (χ0n) is 9.57. The molecule has 0 aliphatic rings. The van der Waals surface area contributed by atoms with Crippen molar-refractivity contribution in [1.29, 1.82) is 0 Å². The van der Waals surface area contributed by atoms with Crippen molar-refractivity contribution in [3.63, 3.8) is 0 Å². The van der Waals surface area contributed by atoms with Gasteiger partial charge in [0.15, 0.2) is 0 Å². The Morgan fingerprint density at radius 2 is 2.20 bits per heavy atom. The second-order valence-corrected chi connectivity index (χ2v) is 4.30. The van der Waals surface area contributed by atoms with E-state index in [9.17, 15) is 0 Å². The van der Waals surface area contributed by atoms with E-state index in [1.54, 1.807) is 0 Å². The van der Waals surface area contributed by atoms with Crippen molar-refractivity contribution in [2.24, 2.45) is 11.3 Å². The van der Waals surface area contributed by atoms with Gasteiger partial charge in [-0.15, -0.1) is 0 Å². The molecule has 1 aromatic rings. The SMILES string of the molecule is CCOC(c1noc(NN)n1)C(C)(C)C. The number of hydrogen-bond acceptors (Lipinski definition) is 6. The molecule has 0 radical (unpaired) electrons. The molecule has 0 aliphatic heterocycles. The number of hydrogen-bond donors (Lipinski definition) is 2. The lowest BCUT2D eigenvalue weighted by Gasteiger charge is -2.27. The van der Waals surface area contributed by atoms with Gasteiger partial charge in [0.2, 0.25) is 5.82 Å². The minimum atomic E-state index is -0.201. The Morgan fingerprint density at radius 1 is 1.53 bits per heavy atom. The molecule has 0 spiro atoms. The molecule has 0 saturated carbocycles. The Labute approximate surface area is 89.1 Å². The Kier molecular flexibility index (Phi) is 3.65. The molecule has 6 nitrogen and oxygen atoms in total. The summed E-state index contributed by atoms with van der Waals surface area (Å²) >= 11 is 0. The first-order valence-corrected chi connectivity index (χ1v) is 4.91. The predicted octanol–water partition coefficient (Wildman–Crippen LogP) is 1.48. The van der Waals surface area contributed by atoms with Crippen LogP contribution in [0.4, 0.5) is 6.01 Å². The van der Waals surface area contributed by atoms with E-state index in [2.05, 4.69) is 36.3 Å². The average Bonchev–Trinajstić information content (AvgIpc) is 2.60. The molecule has 6 heteroatoms. The number of rotatable bonds is 4. The molecule has 0 bridgehead atoms. The number of ether oxygens (including phenoxy) is 1. The van der Waals surface area contributed by atoms with Crippen LogP contribution >= 0.6 is 0 Å². The van der Waals surface area contributed by atoms with Gasteiger partial charge in [0.05, 0.1) is 0 Å². The van der Waals surface area contributed by atoms with Gasteiger partial charge >= 0.3 is 6.01 Å². The van der Waals surface area contributed by atoms with Gasteiger partial charge in [0.25, 0.3) is 0 Å². The maximum absolute atomic E-state index is 5.60. The van der Waals surface area contributed by atoms with Crippen molar-refractivity contribution in [3.8, 4) is 0 Å². The zero-order valence-corrected chi connectivity index (χ0v) is 9.57. The molecule has 0 aliphatic carbocycles. The van der Waals surface area contributed by atoms with Gasteiger partial charge < -0.3 is 9.26 Å². The molecular formula is C9H18N4O2. The zero-order chi connectivity index (χ0) is 11.5. The largest absolute Gasteiger partial charge is 0.370 e. The van der Waals surface area contributed by atoms with E-state index in [4.69, 9.17) is 15.1 Å². The molecule has 0 aromatic carbocycles. The van der Waals surface area contributed by atoms with Gasteiger partial charge in [0, 0.05) is 6.61 Å². The quantitative estimate of drug-likeness (QED) is 0.583. The monoisotopic (exact) mass is 214 g/mol. The third kappa shape index (κ3) is 2.90. The van der Waals surface area contributed by atoms with Crippen LogP contribution in [-0.4, -0.2) is 16.7 Å². The van der Waals surface area contributed by atoms with Crippen molar-refractivity contribution in [1.82, 2.24) is 10.1 Å². The van der Waals surface area contributed by atoms with Crippen LogP contribution in [0.25, 0.3) is 0 Å². The third-order valence-corrected chi connectivity index (χ3v) is 1.92. The standard InChI is InChI=1S/C9H18N4O2/c1-5-14-6(9(2,3)4)7-11-8(12-10)15-13-7/h6H,5,10H2,1-4H3,(H,11,12,13). The lowest BCUT2D eigenvalue weighted by molar-refractivity contribution is -0.0203. The number of hydrazine groups is 1. The highest BCUT2D eigenvalue weighted by molar-refractivity contribution is 5.16. The van der Waals surface area contributed by atoms with E-state index in [1.807, 2.05) is 6.92 Å². The van der Waals surface area contributed by atoms with Crippen LogP contribution in [-0.2, 0) is 4.74 Å². The predicted molar refractivity (Wildman–Crippen MR) is 55.9 cm³/mol. The van der Waals surface area contributed by atoms with E-state index >= 15 is 0 Å². The Bertz CT molecular complexity index is 305. The smallest absolute Gasteiger partial charge is 0.335 e. The van der Waals surface area contributed by atoms with Crippen LogP contribution in [0.2, 0.25) is 0 Å². The molecule has 3 N–H and O–H groups in total. The number of aromatic nitrogens is 2. The highest BCUT2D eigenvalue weighted by atomic mass is 16.5. The normalized spacial score (nSPS) is 13.9. The fourth-order valence-corrected chi connectivity index (χ4v) is 1.28. The first kappa shape index (κ1) is 11.9. The summed E-state index contributed by atoms with van der Waals surface area (Å²) in [5.41, 5.74) is 2.21.